The summed E-state index contributed by atoms with van der Waals surface area (Å²) in [5.41, 5.74) is 2.93. The fourth-order valence-corrected chi connectivity index (χ4v) is 4.83. The Labute approximate surface area is 194 Å². The van der Waals surface area contributed by atoms with Crippen LogP contribution in [0.15, 0.2) is 18.3 Å². The molecule has 1 N–H and O–H groups in total. The molecule has 0 atom stereocenters. The molecule has 3 aliphatic rings. The van der Waals surface area contributed by atoms with Crippen molar-refractivity contribution in [2.45, 2.75) is 46.4 Å². The van der Waals surface area contributed by atoms with Crippen LogP contribution in [0.3, 0.4) is 0 Å². The Hall–Kier alpha value is -2.23. The molecule has 0 bridgehead atoms. The maximum atomic E-state index is 15.3. The highest BCUT2D eigenvalue weighted by Crippen LogP contribution is 2.48. The van der Waals surface area contributed by atoms with E-state index in [0.29, 0.717) is 31.0 Å². The van der Waals surface area contributed by atoms with Gasteiger partial charge in [-0.15, -0.1) is 5.10 Å². The van der Waals surface area contributed by atoms with E-state index >= 15 is 4.39 Å². The molecule has 5 rings (SSSR count). The monoisotopic (exact) mass is 459 g/mol. The summed E-state index contributed by atoms with van der Waals surface area (Å²) in [5, 5.41) is 18.2. The molecule has 180 valence electrons. The molecule has 8 nitrogen and oxygen atoms in total. The Morgan fingerprint density at radius 1 is 1.18 bits per heavy atom. The molecule has 0 radical (unpaired) electrons. The molecule has 1 aromatic heterocycles. The molecule has 0 unspecified atom stereocenters. The quantitative estimate of drug-likeness (QED) is 0.651. The van der Waals surface area contributed by atoms with Crippen LogP contribution in [0.25, 0.3) is 11.3 Å². The van der Waals surface area contributed by atoms with Crippen molar-refractivity contribution in [1.29, 1.82) is 0 Å². The highest BCUT2D eigenvalue weighted by molar-refractivity contribution is 5.80. The van der Waals surface area contributed by atoms with Gasteiger partial charge in [0.05, 0.1) is 38.2 Å². The van der Waals surface area contributed by atoms with Crippen LogP contribution < -0.4 is 9.80 Å². The number of nitrogens with zero attached hydrogens (tertiary/aromatic N) is 5. The number of ether oxygens (including phenoxy) is 2. The minimum absolute atomic E-state index is 0.102. The second-order valence-electron chi connectivity index (χ2n) is 10.2. The molecule has 2 saturated heterocycles. The predicted octanol–water partition coefficient (Wildman–Crippen LogP) is 2.90. The van der Waals surface area contributed by atoms with E-state index in [-0.39, 0.29) is 29.5 Å². The van der Waals surface area contributed by atoms with Gasteiger partial charge in [-0.3, -0.25) is 0 Å². The summed E-state index contributed by atoms with van der Waals surface area (Å²) in [5.74, 6) is -0.288. The first-order valence-corrected chi connectivity index (χ1v) is 12.0. The second-order valence-corrected chi connectivity index (χ2v) is 10.2. The number of aromatic nitrogens is 3. The molecule has 1 spiro atoms. The molecule has 1 aromatic carbocycles. The molecule has 1 saturated carbocycles. The van der Waals surface area contributed by atoms with Gasteiger partial charge in [-0.05, 0) is 38.8 Å². The van der Waals surface area contributed by atoms with Gasteiger partial charge in [0.1, 0.15) is 11.5 Å². The molecule has 1 aliphatic carbocycles. The van der Waals surface area contributed by atoms with E-state index < -0.39 is 0 Å². The van der Waals surface area contributed by atoms with Gasteiger partial charge in [0, 0.05) is 48.3 Å². The van der Waals surface area contributed by atoms with E-state index in [9.17, 15) is 5.11 Å². The number of anilines is 2. The number of hydrogen-bond donors (Lipinski definition) is 1. The van der Waals surface area contributed by atoms with Gasteiger partial charge in [-0.1, -0.05) is 12.1 Å². The van der Waals surface area contributed by atoms with Crippen molar-refractivity contribution in [3.05, 3.63) is 24.1 Å². The summed E-state index contributed by atoms with van der Waals surface area (Å²) >= 11 is 0. The van der Waals surface area contributed by atoms with Crippen molar-refractivity contribution in [1.82, 2.24) is 15.0 Å². The molecule has 0 amide bonds. The SMILES string of the molecule is CCN(CC)c1cc(N2CC(C)(CO)C2)c(F)cc1-c1cn(CC2OCC3(CC3)CO2)nn1. The van der Waals surface area contributed by atoms with Crippen LogP contribution in [-0.4, -0.2) is 72.4 Å². The van der Waals surface area contributed by atoms with Crippen LogP contribution in [0, 0.1) is 16.6 Å². The zero-order chi connectivity index (χ0) is 23.2. The topological polar surface area (TPSA) is 75.9 Å². The van der Waals surface area contributed by atoms with Crippen LogP contribution in [0.5, 0.6) is 0 Å². The number of halogens is 1. The van der Waals surface area contributed by atoms with Crippen molar-refractivity contribution in [3.63, 3.8) is 0 Å². The average molecular weight is 460 g/mol. The maximum absolute atomic E-state index is 15.3. The lowest BCUT2D eigenvalue weighted by molar-refractivity contribution is -0.213. The standard InChI is InChI=1S/C24H34FN5O3/c1-4-28(5-2)20-9-21(29-12-23(3,13-29)14-31)18(25)8-17(20)19-10-30(27-26-19)11-22-32-15-24(6-7-24)16-33-22/h8-10,22,31H,4-7,11-16H2,1-3H3. The summed E-state index contributed by atoms with van der Waals surface area (Å²) in [6, 6.07) is 3.48. The molecule has 2 aromatic rings. The lowest BCUT2D eigenvalue weighted by Gasteiger charge is -2.48. The Bertz CT molecular complexity index is 988. The molecular formula is C24H34FN5O3. The van der Waals surface area contributed by atoms with Crippen molar-refractivity contribution in [2.24, 2.45) is 10.8 Å². The molecule has 9 heteroatoms. The van der Waals surface area contributed by atoms with Gasteiger partial charge in [-0.25, -0.2) is 9.07 Å². The summed E-state index contributed by atoms with van der Waals surface area (Å²) in [6.07, 6.45) is 3.86. The van der Waals surface area contributed by atoms with Crippen LogP contribution in [0.4, 0.5) is 15.8 Å². The summed E-state index contributed by atoms with van der Waals surface area (Å²) in [6.45, 7) is 11.1. The summed E-state index contributed by atoms with van der Waals surface area (Å²) in [4.78, 5) is 4.19. The Kier molecular flexibility index (Phi) is 5.83. The van der Waals surface area contributed by atoms with Crippen LogP contribution >= 0.6 is 0 Å². The lowest BCUT2D eigenvalue weighted by Crippen LogP contribution is -2.57. The highest BCUT2D eigenvalue weighted by atomic mass is 19.1. The minimum atomic E-state index is -0.334. The maximum Gasteiger partial charge on any atom is 0.177 e. The van der Waals surface area contributed by atoms with E-state index in [4.69, 9.17) is 9.47 Å². The molecule has 2 aliphatic heterocycles. The van der Waals surface area contributed by atoms with E-state index in [1.54, 1.807) is 10.7 Å². The van der Waals surface area contributed by atoms with Gasteiger partial charge in [0.15, 0.2) is 6.29 Å². The highest BCUT2D eigenvalue weighted by Gasteiger charge is 2.47. The first-order chi connectivity index (χ1) is 15.9. The fraction of sp³-hybridized carbons (Fsp3) is 0.667. The van der Waals surface area contributed by atoms with Gasteiger partial charge in [-0.2, -0.15) is 0 Å². The third-order valence-electron chi connectivity index (χ3n) is 7.30. The Balaban J connectivity index is 1.38. The number of aliphatic hydroxyl groups is 1. The predicted molar refractivity (Wildman–Crippen MR) is 124 cm³/mol. The fourth-order valence-electron chi connectivity index (χ4n) is 4.83. The smallest absolute Gasteiger partial charge is 0.177 e. The van der Waals surface area contributed by atoms with Crippen molar-refractivity contribution in [2.75, 3.05) is 55.8 Å². The van der Waals surface area contributed by atoms with Crippen molar-refractivity contribution in [3.8, 4) is 11.3 Å². The number of hydrogen-bond acceptors (Lipinski definition) is 7. The number of rotatable bonds is 8. The van der Waals surface area contributed by atoms with E-state index in [2.05, 4.69) is 29.1 Å². The van der Waals surface area contributed by atoms with Crippen molar-refractivity contribution >= 4 is 11.4 Å². The van der Waals surface area contributed by atoms with Gasteiger partial charge < -0.3 is 24.4 Å². The normalized spacial score (nSPS) is 21.3. The third kappa shape index (κ3) is 4.34. The molecular weight excluding hydrogens is 425 g/mol. The lowest BCUT2D eigenvalue weighted by atomic mass is 9.82. The average Bonchev–Trinajstić information content (AvgIpc) is 3.39. The Morgan fingerprint density at radius 2 is 1.88 bits per heavy atom. The second kappa shape index (κ2) is 8.52. The van der Waals surface area contributed by atoms with Gasteiger partial charge in [0.25, 0.3) is 0 Å². The zero-order valence-electron chi connectivity index (χ0n) is 19.8. The number of benzene rings is 1. The molecule has 3 fully saturated rings. The first kappa shape index (κ1) is 22.6. The summed E-state index contributed by atoms with van der Waals surface area (Å²) < 4.78 is 28.7. The molecule has 33 heavy (non-hydrogen) atoms. The Morgan fingerprint density at radius 3 is 2.48 bits per heavy atom. The largest absolute Gasteiger partial charge is 0.396 e. The minimum Gasteiger partial charge on any atom is -0.396 e. The van der Waals surface area contributed by atoms with Gasteiger partial charge in [0.2, 0.25) is 0 Å². The first-order valence-electron chi connectivity index (χ1n) is 12.0. The van der Waals surface area contributed by atoms with Gasteiger partial charge >= 0.3 is 0 Å². The summed E-state index contributed by atoms with van der Waals surface area (Å²) in [7, 11) is 0. The third-order valence-corrected chi connectivity index (χ3v) is 7.30. The van der Waals surface area contributed by atoms with Crippen LogP contribution in [-0.2, 0) is 16.0 Å². The van der Waals surface area contributed by atoms with Crippen LogP contribution in [0.1, 0.15) is 33.6 Å². The van der Waals surface area contributed by atoms with Crippen LogP contribution in [0.2, 0.25) is 0 Å². The zero-order valence-corrected chi connectivity index (χ0v) is 19.8. The molecule has 3 heterocycles. The van der Waals surface area contributed by atoms with E-state index in [1.807, 2.05) is 24.1 Å². The van der Waals surface area contributed by atoms with E-state index in [1.165, 1.54) is 12.8 Å². The van der Waals surface area contributed by atoms with Crippen molar-refractivity contribution < 1.29 is 19.0 Å². The van der Waals surface area contributed by atoms with E-state index in [0.717, 1.165) is 37.6 Å². The number of aliphatic hydroxyl groups excluding tert-OH is 1.